The Balaban J connectivity index is 1.34. The van der Waals surface area contributed by atoms with E-state index in [1.165, 1.54) is 11.3 Å². The van der Waals surface area contributed by atoms with E-state index < -0.39 is 5.60 Å². The highest BCUT2D eigenvalue weighted by Crippen LogP contribution is 2.41. The van der Waals surface area contributed by atoms with E-state index in [4.69, 9.17) is 14.5 Å². The molecule has 2 N–H and O–H groups in total. The number of amides is 1. The molecule has 3 fully saturated rings. The van der Waals surface area contributed by atoms with E-state index in [1.807, 2.05) is 39.8 Å². The second-order valence-corrected chi connectivity index (χ2v) is 11.8. The number of methoxy groups -OCH3 is 1. The predicted octanol–water partition coefficient (Wildman–Crippen LogP) is 3.54. The van der Waals surface area contributed by atoms with E-state index in [0.29, 0.717) is 18.7 Å². The molecule has 3 aliphatic rings. The van der Waals surface area contributed by atoms with Crippen LogP contribution >= 0.6 is 0 Å². The highest BCUT2D eigenvalue weighted by atomic mass is 16.5. The summed E-state index contributed by atoms with van der Waals surface area (Å²) in [7, 11) is 1.63. The van der Waals surface area contributed by atoms with Crippen LogP contribution in [0, 0.1) is 0 Å². The molecule has 42 heavy (non-hydrogen) atoms. The summed E-state index contributed by atoms with van der Waals surface area (Å²) in [4.78, 5) is 23.6. The lowest BCUT2D eigenvalue weighted by Crippen LogP contribution is -2.54. The molecule has 1 saturated carbocycles. The van der Waals surface area contributed by atoms with Crippen molar-refractivity contribution in [3.05, 3.63) is 72.2 Å². The molecule has 2 saturated heterocycles. The molecule has 2 aromatic carbocycles. The average molecular weight is 574 g/mol. The summed E-state index contributed by atoms with van der Waals surface area (Å²) < 4.78 is 13.1. The van der Waals surface area contributed by atoms with Crippen LogP contribution in [-0.2, 0) is 15.9 Å². The molecule has 2 aliphatic heterocycles. The van der Waals surface area contributed by atoms with Gasteiger partial charge in [-0.05, 0) is 30.9 Å². The van der Waals surface area contributed by atoms with E-state index in [9.17, 15) is 9.90 Å². The van der Waals surface area contributed by atoms with Crippen molar-refractivity contribution in [2.24, 2.45) is 0 Å². The van der Waals surface area contributed by atoms with Gasteiger partial charge in [0.15, 0.2) is 5.69 Å². The van der Waals surface area contributed by atoms with Crippen LogP contribution in [0.5, 0.6) is 0 Å². The number of aromatic nitrogens is 2. The Hall–Kier alpha value is -3.24. The van der Waals surface area contributed by atoms with E-state index in [1.54, 1.807) is 13.4 Å². The quantitative estimate of drug-likeness (QED) is 0.426. The zero-order chi connectivity index (χ0) is 28.9. The van der Waals surface area contributed by atoms with Crippen molar-refractivity contribution < 1.29 is 19.4 Å². The number of carbonyl (C=O) groups is 1. The Morgan fingerprint density at radius 1 is 1.10 bits per heavy atom. The third-order valence-corrected chi connectivity index (χ3v) is 9.14. The first-order valence-electron chi connectivity index (χ1n) is 15.3. The van der Waals surface area contributed by atoms with Gasteiger partial charge < -0.3 is 34.3 Å². The molecule has 1 amide bonds. The van der Waals surface area contributed by atoms with Crippen molar-refractivity contribution in [3.8, 4) is 11.3 Å². The van der Waals surface area contributed by atoms with Crippen molar-refractivity contribution in [2.75, 3.05) is 64.6 Å². The lowest BCUT2D eigenvalue weighted by atomic mass is 9.80. The number of rotatable bonds is 8. The number of imidazole rings is 1. The van der Waals surface area contributed by atoms with Crippen molar-refractivity contribution in [2.45, 2.75) is 49.8 Å². The van der Waals surface area contributed by atoms with Gasteiger partial charge in [0.05, 0.1) is 37.9 Å². The average Bonchev–Trinajstić information content (AvgIpc) is 3.47. The smallest absolute Gasteiger partial charge is 0.275 e. The number of ether oxygens (including phenoxy) is 2. The molecule has 1 aliphatic carbocycles. The van der Waals surface area contributed by atoms with Crippen molar-refractivity contribution >= 4 is 11.6 Å². The van der Waals surface area contributed by atoms with Gasteiger partial charge in [0.1, 0.15) is 5.60 Å². The third kappa shape index (κ3) is 5.83. The second-order valence-electron chi connectivity index (χ2n) is 11.8. The molecule has 1 aromatic heterocycles. The molecule has 0 bridgehead atoms. The number of piperazine rings is 1. The minimum Gasteiger partial charge on any atom is -0.385 e. The van der Waals surface area contributed by atoms with Crippen molar-refractivity contribution in [1.82, 2.24) is 19.8 Å². The summed E-state index contributed by atoms with van der Waals surface area (Å²) in [6.45, 7) is 5.53. The van der Waals surface area contributed by atoms with Crippen LogP contribution in [0.4, 0.5) is 5.69 Å². The molecule has 9 heteroatoms. The fourth-order valence-corrected chi connectivity index (χ4v) is 7.05. The summed E-state index contributed by atoms with van der Waals surface area (Å²) in [6, 6.07) is 18.3. The van der Waals surface area contributed by atoms with Gasteiger partial charge in [-0.25, -0.2) is 4.98 Å². The number of para-hydroxylation sites is 1. The van der Waals surface area contributed by atoms with Crippen LogP contribution in [0.25, 0.3) is 11.3 Å². The minimum atomic E-state index is -1.02. The first-order chi connectivity index (χ1) is 20.6. The number of hydrogen-bond acceptors (Lipinski definition) is 7. The Morgan fingerprint density at radius 3 is 2.69 bits per heavy atom. The molecule has 3 heterocycles. The van der Waals surface area contributed by atoms with Crippen LogP contribution < -0.4 is 10.2 Å². The van der Waals surface area contributed by atoms with Crippen molar-refractivity contribution in [1.29, 1.82) is 0 Å². The predicted molar refractivity (Wildman–Crippen MR) is 163 cm³/mol. The summed E-state index contributed by atoms with van der Waals surface area (Å²) in [6.07, 6.45) is 5.93. The van der Waals surface area contributed by atoms with E-state index in [0.717, 1.165) is 76.3 Å². The Bertz CT molecular complexity index is 1340. The largest absolute Gasteiger partial charge is 0.385 e. The van der Waals surface area contributed by atoms with E-state index >= 15 is 0 Å². The Labute approximate surface area is 248 Å². The fourth-order valence-electron chi connectivity index (χ4n) is 7.05. The maximum atomic E-state index is 14.5. The number of nitrogens with one attached hydrogen (secondary N) is 1. The third-order valence-electron chi connectivity index (χ3n) is 9.14. The zero-order valence-electron chi connectivity index (χ0n) is 24.6. The maximum Gasteiger partial charge on any atom is 0.275 e. The molecule has 0 radical (unpaired) electrons. The molecule has 3 aromatic rings. The number of nitrogens with zero attached hydrogens (tertiary/aromatic N) is 4. The SMILES string of the molecule is COC[C@]1(O)CCCC[C@H]1n1cnc(C(=O)N2CCNC[C@H]2Cc2ccccc2N2CCOCC2)c1-c1ccccc1. The monoisotopic (exact) mass is 573 g/mol. The Morgan fingerprint density at radius 2 is 1.88 bits per heavy atom. The van der Waals surface area contributed by atoms with Crippen LogP contribution in [0.15, 0.2) is 60.9 Å². The second kappa shape index (κ2) is 13.0. The van der Waals surface area contributed by atoms with Gasteiger partial charge in [0.2, 0.25) is 0 Å². The lowest BCUT2D eigenvalue weighted by Gasteiger charge is -2.41. The maximum absolute atomic E-state index is 14.5. The van der Waals surface area contributed by atoms with Crippen LogP contribution in [0.2, 0.25) is 0 Å². The van der Waals surface area contributed by atoms with Gasteiger partial charge in [0.25, 0.3) is 5.91 Å². The van der Waals surface area contributed by atoms with Crippen LogP contribution in [0.3, 0.4) is 0 Å². The van der Waals surface area contributed by atoms with Gasteiger partial charge in [0, 0.05) is 57.1 Å². The topological polar surface area (TPSA) is 92.1 Å². The summed E-state index contributed by atoms with van der Waals surface area (Å²) in [5, 5.41) is 15.2. The van der Waals surface area contributed by atoms with Gasteiger partial charge in [-0.15, -0.1) is 0 Å². The van der Waals surface area contributed by atoms with E-state index in [-0.39, 0.29) is 24.6 Å². The number of morpholine rings is 1. The molecule has 3 atom stereocenters. The van der Waals surface area contributed by atoms with Crippen LogP contribution in [-0.4, -0.2) is 96.8 Å². The molecular weight excluding hydrogens is 530 g/mol. The van der Waals surface area contributed by atoms with Gasteiger partial charge in [-0.1, -0.05) is 61.4 Å². The first kappa shape index (κ1) is 28.9. The number of anilines is 1. The fraction of sp³-hybridized carbons (Fsp3) is 0.515. The lowest BCUT2D eigenvalue weighted by molar-refractivity contribution is -0.0893. The first-order valence-corrected chi connectivity index (χ1v) is 15.3. The van der Waals surface area contributed by atoms with Crippen molar-refractivity contribution in [3.63, 3.8) is 0 Å². The van der Waals surface area contributed by atoms with Gasteiger partial charge >= 0.3 is 0 Å². The standard InChI is InChI=1S/C33H43N5O4/c1-41-23-33(40)14-8-7-13-29(33)38-24-35-30(31(38)25-9-3-2-4-10-25)32(39)37-16-15-34-22-27(37)21-26-11-5-6-12-28(26)36-17-19-42-20-18-36/h2-6,9-12,24,27,29,34,40H,7-8,13-23H2,1H3/t27-,29-,33-/m1/s1. The molecule has 224 valence electrons. The van der Waals surface area contributed by atoms with E-state index in [2.05, 4.69) is 34.5 Å². The van der Waals surface area contributed by atoms with Gasteiger partial charge in [-0.3, -0.25) is 4.79 Å². The molecule has 6 rings (SSSR count). The minimum absolute atomic E-state index is 0.0117. The molecular formula is C33H43N5O4. The number of carbonyl (C=O) groups excluding carboxylic acids is 1. The summed E-state index contributed by atoms with van der Waals surface area (Å²) >= 11 is 0. The zero-order valence-corrected chi connectivity index (χ0v) is 24.6. The van der Waals surface area contributed by atoms with Crippen LogP contribution in [0.1, 0.15) is 47.8 Å². The molecule has 0 spiro atoms. The van der Waals surface area contributed by atoms with Gasteiger partial charge in [-0.2, -0.15) is 0 Å². The summed E-state index contributed by atoms with van der Waals surface area (Å²) in [5.41, 5.74) is 3.59. The number of hydrogen-bond donors (Lipinski definition) is 2. The Kier molecular flexibility index (Phi) is 8.90. The molecule has 9 nitrogen and oxygen atoms in total. The number of benzene rings is 2. The highest BCUT2D eigenvalue weighted by Gasteiger charge is 2.42. The highest BCUT2D eigenvalue weighted by molar-refractivity contribution is 5.98. The molecule has 0 unspecified atom stereocenters. The normalized spacial score (nSPS) is 25.0. The number of aliphatic hydroxyl groups is 1. The summed E-state index contributed by atoms with van der Waals surface area (Å²) in [5.74, 6) is -0.0611.